The van der Waals surface area contributed by atoms with Crippen LogP contribution in [-0.4, -0.2) is 5.78 Å². The van der Waals surface area contributed by atoms with Crippen LogP contribution in [0.3, 0.4) is 0 Å². The number of ketones is 1. The first-order chi connectivity index (χ1) is 10.2. The summed E-state index contributed by atoms with van der Waals surface area (Å²) in [5.74, 6) is 0.180. The van der Waals surface area contributed by atoms with Crippen LogP contribution in [0.2, 0.25) is 0 Å². The zero-order valence-corrected chi connectivity index (χ0v) is 13.2. The lowest BCUT2D eigenvalue weighted by atomic mass is 9.90. The molecular weight excluding hydrogens is 324 g/mol. The summed E-state index contributed by atoms with van der Waals surface area (Å²) >= 11 is 3.58. The maximum Gasteiger partial charge on any atom is 0.164 e. The van der Waals surface area contributed by atoms with Crippen LogP contribution in [0.4, 0.5) is 0 Å². The van der Waals surface area contributed by atoms with Crippen LogP contribution in [0.25, 0.3) is 32.3 Å². The number of carbonyl (C=O) groups excluding carboxylic acids is 1. The maximum absolute atomic E-state index is 12.4. The van der Waals surface area contributed by atoms with E-state index in [2.05, 4.69) is 64.5 Å². The molecule has 102 valence electrons. The fourth-order valence-corrected chi connectivity index (χ4v) is 3.92. The van der Waals surface area contributed by atoms with Gasteiger partial charge in [0.2, 0.25) is 0 Å². The number of halogens is 1. The first-order valence-corrected chi connectivity index (χ1v) is 7.89. The Kier molecular flexibility index (Phi) is 2.76. The zero-order chi connectivity index (χ0) is 14.6. The smallest absolute Gasteiger partial charge is 0.164 e. The minimum Gasteiger partial charge on any atom is -0.294 e. The highest BCUT2D eigenvalue weighted by Crippen LogP contribution is 2.39. The van der Waals surface area contributed by atoms with Crippen molar-refractivity contribution in [1.29, 1.82) is 0 Å². The SMILES string of the molecule is CCC(=O)c1c(Br)cc2ccc3cccc4ccc1c2c34. The Morgan fingerprint density at radius 3 is 2.33 bits per heavy atom. The molecule has 0 saturated heterocycles. The second kappa shape index (κ2) is 4.54. The number of benzene rings is 4. The summed E-state index contributed by atoms with van der Waals surface area (Å²) in [7, 11) is 0. The summed E-state index contributed by atoms with van der Waals surface area (Å²) in [5, 5.41) is 7.13. The number of carbonyl (C=O) groups is 1. The van der Waals surface area contributed by atoms with Crippen molar-refractivity contribution in [2.45, 2.75) is 13.3 Å². The first-order valence-electron chi connectivity index (χ1n) is 7.10. The standard InChI is InChI=1S/C19H13BrO/c1-2-16(21)19-14-9-8-12-5-3-4-11-6-7-13(10-15(19)20)18(14)17(11)12/h3-10H,2H2,1H3. The van der Waals surface area contributed by atoms with Crippen LogP contribution < -0.4 is 0 Å². The molecule has 4 aromatic carbocycles. The third-order valence-electron chi connectivity index (χ3n) is 4.20. The number of hydrogen-bond donors (Lipinski definition) is 0. The van der Waals surface area contributed by atoms with Crippen molar-refractivity contribution in [2.24, 2.45) is 0 Å². The van der Waals surface area contributed by atoms with E-state index in [1.165, 1.54) is 26.9 Å². The molecule has 0 bridgehead atoms. The normalized spacial score (nSPS) is 11.7. The van der Waals surface area contributed by atoms with Gasteiger partial charge in [-0.3, -0.25) is 4.79 Å². The fraction of sp³-hybridized carbons (Fsp3) is 0.105. The van der Waals surface area contributed by atoms with Gasteiger partial charge in [-0.05, 0) is 38.4 Å². The van der Waals surface area contributed by atoms with Crippen molar-refractivity contribution in [2.75, 3.05) is 0 Å². The number of hydrogen-bond acceptors (Lipinski definition) is 1. The van der Waals surface area contributed by atoms with E-state index in [-0.39, 0.29) is 5.78 Å². The third-order valence-corrected chi connectivity index (χ3v) is 4.82. The molecule has 0 spiro atoms. The van der Waals surface area contributed by atoms with Gasteiger partial charge in [-0.15, -0.1) is 0 Å². The second-order valence-electron chi connectivity index (χ2n) is 5.37. The van der Waals surface area contributed by atoms with Crippen LogP contribution in [-0.2, 0) is 0 Å². The zero-order valence-electron chi connectivity index (χ0n) is 11.6. The molecule has 0 aliphatic carbocycles. The predicted molar refractivity (Wildman–Crippen MR) is 92.5 cm³/mol. The second-order valence-corrected chi connectivity index (χ2v) is 6.22. The van der Waals surface area contributed by atoms with Gasteiger partial charge in [-0.2, -0.15) is 0 Å². The minimum atomic E-state index is 0.180. The molecule has 2 heteroatoms. The highest BCUT2D eigenvalue weighted by molar-refractivity contribution is 9.10. The molecule has 1 nitrogen and oxygen atoms in total. The Morgan fingerprint density at radius 1 is 0.952 bits per heavy atom. The summed E-state index contributed by atoms with van der Waals surface area (Å²) in [5.41, 5.74) is 0.809. The van der Waals surface area contributed by atoms with E-state index in [1.54, 1.807) is 0 Å². The average Bonchev–Trinajstić information content (AvgIpc) is 2.51. The number of Topliss-reactive ketones (excluding diaryl/α,β-unsaturated/α-hetero) is 1. The lowest BCUT2D eigenvalue weighted by Crippen LogP contribution is -2.00. The molecule has 0 N–H and O–H groups in total. The topological polar surface area (TPSA) is 17.1 Å². The largest absolute Gasteiger partial charge is 0.294 e. The average molecular weight is 337 g/mol. The van der Waals surface area contributed by atoms with E-state index in [4.69, 9.17) is 0 Å². The van der Waals surface area contributed by atoms with Crippen LogP contribution in [0, 0.1) is 0 Å². The van der Waals surface area contributed by atoms with E-state index >= 15 is 0 Å². The lowest BCUT2D eigenvalue weighted by Gasteiger charge is -2.14. The molecule has 0 unspecified atom stereocenters. The first kappa shape index (κ1) is 12.8. The van der Waals surface area contributed by atoms with Crippen molar-refractivity contribution >= 4 is 54.0 Å². The van der Waals surface area contributed by atoms with Gasteiger partial charge in [0.25, 0.3) is 0 Å². The molecule has 0 amide bonds. The summed E-state index contributed by atoms with van der Waals surface area (Å²) in [6.45, 7) is 1.91. The highest BCUT2D eigenvalue weighted by Gasteiger charge is 2.17. The minimum absolute atomic E-state index is 0.180. The van der Waals surface area contributed by atoms with Crippen LogP contribution in [0.1, 0.15) is 23.7 Å². The molecule has 0 heterocycles. The van der Waals surface area contributed by atoms with Crippen LogP contribution in [0.5, 0.6) is 0 Å². The van der Waals surface area contributed by atoms with Gasteiger partial charge < -0.3 is 0 Å². The van der Waals surface area contributed by atoms with Crippen molar-refractivity contribution in [1.82, 2.24) is 0 Å². The highest BCUT2D eigenvalue weighted by atomic mass is 79.9. The van der Waals surface area contributed by atoms with Gasteiger partial charge in [0.1, 0.15) is 0 Å². The Morgan fingerprint density at radius 2 is 1.62 bits per heavy atom. The fourth-order valence-electron chi connectivity index (χ4n) is 3.24. The molecule has 4 aromatic rings. The Labute approximate surface area is 131 Å². The summed E-state index contributed by atoms with van der Waals surface area (Å²) in [6.07, 6.45) is 0.516. The summed E-state index contributed by atoms with van der Waals surface area (Å²) in [4.78, 5) is 12.4. The molecule has 0 aliphatic rings. The van der Waals surface area contributed by atoms with Crippen LogP contribution >= 0.6 is 15.9 Å². The molecule has 4 rings (SSSR count). The van der Waals surface area contributed by atoms with Crippen LogP contribution in [0.15, 0.2) is 53.0 Å². The monoisotopic (exact) mass is 336 g/mol. The molecule has 0 saturated carbocycles. The van der Waals surface area contributed by atoms with Crippen molar-refractivity contribution < 1.29 is 4.79 Å². The summed E-state index contributed by atoms with van der Waals surface area (Å²) < 4.78 is 0.889. The van der Waals surface area contributed by atoms with Gasteiger partial charge in [0.05, 0.1) is 0 Å². The van der Waals surface area contributed by atoms with Gasteiger partial charge in [0.15, 0.2) is 5.78 Å². The van der Waals surface area contributed by atoms with Gasteiger partial charge in [-0.25, -0.2) is 0 Å². The molecule has 0 aromatic heterocycles. The van der Waals surface area contributed by atoms with E-state index in [0.29, 0.717) is 6.42 Å². The van der Waals surface area contributed by atoms with Crippen molar-refractivity contribution in [3.05, 3.63) is 58.6 Å². The molecule has 0 fully saturated rings. The van der Waals surface area contributed by atoms with Gasteiger partial charge in [-0.1, -0.05) is 65.3 Å². The Hall–Kier alpha value is -1.93. The third kappa shape index (κ3) is 1.72. The number of rotatable bonds is 2. The lowest BCUT2D eigenvalue weighted by molar-refractivity contribution is 0.0989. The van der Waals surface area contributed by atoms with E-state index < -0.39 is 0 Å². The quantitative estimate of drug-likeness (QED) is 0.327. The van der Waals surface area contributed by atoms with Crippen molar-refractivity contribution in [3.8, 4) is 0 Å². The Balaban J connectivity index is 2.32. The van der Waals surface area contributed by atoms with Crippen molar-refractivity contribution in [3.63, 3.8) is 0 Å². The predicted octanol–water partition coefficient (Wildman–Crippen LogP) is 5.94. The van der Waals surface area contributed by atoms with E-state index in [1.807, 2.05) is 6.92 Å². The molecular formula is C19H13BrO. The Bertz CT molecular complexity index is 985. The van der Waals surface area contributed by atoms with E-state index in [0.717, 1.165) is 15.4 Å². The van der Waals surface area contributed by atoms with Gasteiger partial charge >= 0.3 is 0 Å². The molecule has 0 radical (unpaired) electrons. The summed E-state index contributed by atoms with van der Waals surface area (Å²) in [6, 6.07) is 16.9. The van der Waals surface area contributed by atoms with Gasteiger partial charge in [0, 0.05) is 16.5 Å². The van der Waals surface area contributed by atoms with E-state index in [9.17, 15) is 4.79 Å². The molecule has 21 heavy (non-hydrogen) atoms. The maximum atomic E-state index is 12.4. The molecule has 0 aliphatic heterocycles. The molecule has 0 atom stereocenters.